The van der Waals surface area contributed by atoms with Gasteiger partial charge in [0, 0.05) is 50.3 Å². The molecule has 402 valence electrons. The zero-order valence-electron chi connectivity index (χ0n) is 40.4. The molecular weight excluding hydrogens is 1000 g/mol. The molecule has 4 rings (SSSR count). The van der Waals surface area contributed by atoms with Gasteiger partial charge in [0.2, 0.25) is 65.0 Å². The maximum absolute atomic E-state index is 14.6. The lowest BCUT2D eigenvalue weighted by atomic mass is 10.0. The van der Waals surface area contributed by atoms with E-state index in [0.717, 1.165) is 21.6 Å². The maximum atomic E-state index is 14.6. The number of nitrogens with zero attached hydrogens (tertiary/aromatic N) is 2. The van der Waals surface area contributed by atoms with Gasteiger partial charge in [-0.25, -0.2) is 0 Å². The Labute approximate surface area is 433 Å². The Morgan fingerprint density at radius 1 is 0.730 bits per heavy atom. The highest BCUT2D eigenvalue weighted by Crippen LogP contribution is 2.26. The Balaban J connectivity index is 1.68. The number of nitrogens with one attached hydrogen (secondary N) is 7. The van der Waals surface area contributed by atoms with Gasteiger partial charge in [0.25, 0.3) is 0 Å². The number of aliphatic imine (C=N–C) groups is 1. The van der Waals surface area contributed by atoms with Crippen LogP contribution in [0.15, 0.2) is 59.6 Å². The lowest BCUT2D eigenvalue weighted by molar-refractivity contribution is -0.142. The average Bonchev–Trinajstić information content (AvgIpc) is 3.85. The molecule has 2 aromatic carbocycles. The number of likely N-dealkylation sites (tertiary alicyclic amines) is 1. The van der Waals surface area contributed by atoms with Crippen LogP contribution in [0.4, 0.5) is 0 Å². The van der Waals surface area contributed by atoms with Crippen molar-refractivity contribution in [2.45, 2.75) is 107 Å². The number of aromatic hydroxyl groups is 1. The molecule has 28 heteroatoms. The Morgan fingerprint density at radius 2 is 1.34 bits per heavy atom. The first-order valence-corrected chi connectivity index (χ1v) is 26.0. The second-order valence-corrected chi connectivity index (χ2v) is 20.0. The summed E-state index contributed by atoms with van der Waals surface area (Å²) in [6, 6.07) is 4.52. The molecule has 7 atom stereocenters. The predicted octanol–water partition coefficient (Wildman–Crippen LogP) is -4.34. The van der Waals surface area contributed by atoms with Crippen LogP contribution in [0.3, 0.4) is 0 Å². The largest absolute Gasteiger partial charge is 0.508 e. The highest BCUT2D eigenvalue weighted by molar-refractivity contribution is 8.76. The summed E-state index contributed by atoms with van der Waals surface area (Å²) in [7, 11) is 2.19. The van der Waals surface area contributed by atoms with Gasteiger partial charge in [-0.2, -0.15) is 0 Å². The van der Waals surface area contributed by atoms with Crippen LogP contribution < -0.4 is 65.9 Å². The summed E-state index contributed by atoms with van der Waals surface area (Å²) in [5, 5.41) is 27.8. The van der Waals surface area contributed by atoms with E-state index in [4.69, 9.17) is 28.7 Å². The molecule has 0 spiro atoms. The number of benzene rings is 2. The molecule has 18 N–H and O–H groups in total. The third kappa shape index (κ3) is 20.1. The molecule has 2 heterocycles. The van der Waals surface area contributed by atoms with Crippen molar-refractivity contribution in [3.63, 3.8) is 0 Å². The van der Waals surface area contributed by atoms with E-state index >= 15 is 0 Å². The van der Waals surface area contributed by atoms with E-state index in [1.807, 2.05) is 0 Å². The molecule has 0 aliphatic carbocycles. The van der Waals surface area contributed by atoms with Gasteiger partial charge in [-0.1, -0.05) is 64.1 Å². The van der Waals surface area contributed by atoms with Crippen LogP contribution in [0.25, 0.3) is 0 Å². The minimum atomic E-state index is -1.77. The highest BCUT2D eigenvalue weighted by Gasteiger charge is 2.40. The third-order valence-electron chi connectivity index (χ3n) is 11.5. The summed E-state index contributed by atoms with van der Waals surface area (Å²) in [5.41, 5.74) is 28.1. The third-order valence-corrected chi connectivity index (χ3v) is 13.9. The van der Waals surface area contributed by atoms with Crippen molar-refractivity contribution in [2.24, 2.45) is 33.7 Å². The minimum absolute atomic E-state index is 0.0128. The lowest BCUT2D eigenvalue weighted by Crippen LogP contribution is -2.61. The number of nitrogens with two attached hydrogens (primary N) is 5. The molecule has 2 aromatic rings. The zero-order valence-corrected chi connectivity index (χ0v) is 42.0. The summed E-state index contributed by atoms with van der Waals surface area (Å²) in [4.78, 5) is 153. The molecule has 2 aliphatic heterocycles. The maximum Gasteiger partial charge on any atom is 0.246 e. The fraction of sp³-hybridized carbons (Fsp3) is 0.478. The Hall–Kier alpha value is -7.62. The summed E-state index contributed by atoms with van der Waals surface area (Å²) in [6.07, 6.45) is -1.34. The molecular formula is C46H64N14O12S2. The molecule has 2 fully saturated rings. The Morgan fingerprint density at radius 3 is 1.97 bits per heavy atom. The number of carbonyl (C=O) groups is 11. The molecule has 0 radical (unpaired) electrons. The highest BCUT2D eigenvalue weighted by atomic mass is 33.1. The van der Waals surface area contributed by atoms with Gasteiger partial charge in [-0.05, 0) is 55.4 Å². The molecule has 0 aromatic heterocycles. The van der Waals surface area contributed by atoms with E-state index in [9.17, 15) is 57.8 Å². The number of amides is 11. The van der Waals surface area contributed by atoms with Gasteiger partial charge < -0.3 is 75.9 Å². The van der Waals surface area contributed by atoms with Crippen LogP contribution in [-0.4, -0.2) is 154 Å². The quantitative estimate of drug-likeness (QED) is 0.0274. The van der Waals surface area contributed by atoms with Crippen molar-refractivity contribution in [1.29, 1.82) is 0 Å². The molecule has 26 nitrogen and oxygen atoms in total. The van der Waals surface area contributed by atoms with Gasteiger partial charge in [0.05, 0.1) is 13.0 Å². The number of carbonyl (C=O) groups excluding carboxylic acids is 11. The topological polar surface area (TPSA) is 438 Å². The van der Waals surface area contributed by atoms with Crippen LogP contribution in [0.2, 0.25) is 0 Å². The van der Waals surface area contributed by atoms with Gasteiger partial charge in [0.1, 0.15) is 48.0 Å². The first kappa shape index (κ1) is 58.9. The summed E-state index contributed by atoms with van der Waals surface area (Å²) >= 11 is 0. The smallest absolute Gasteiger partial charge is 0.246 e. The standard InChI is InChI=1S/C46H64N14O12S2/c47-35(62)15-14-29-40(67)58-32(22-36(48)63)43(70)59-33(45(72)60-18-5-9-34(60)44(71)56-28(8-4-17-52-46(50)51)39(66)53-23-37(49)64)24-74-73-19-16-38(65)54-30(21-26-10-12-27(61)13-11-26)41(68)57-31(42(69)55-29)20-25-6-2-1-3-7-25/h1-3,6-7,10-13,28-34,61H,4-5,8-9,14-24H2,(H2,47,62)(H2,48,63)(H2,49,64)(H,53,66)(H,54,65)(H,55,69)(H,56,71)(H,57,68)(H,58,67)(H,59,70)(H4,50,51,52)/t28-,29-,30?,31-,32?,33?,34-/m0/s1. The number of guanidine groups is 1. The lowest BCUT2D eigenvalue weighted by Gasteiger charge is -2.31. The van der Waals surface area contributed by atoms with Crippen molar-refractivity contribution in [3.05, 3.63) is 65.7 Å². The summed E-state index contributed by atoms with van der Waals surface area (Å²) in [6.45, 7) is -0.402. The first-order valence-electron chi connectivity index (χ1n) is 23.6. The Kier molecular flexibility index (Phi) is 23.7. The predicted molar refractivity (Wildman–Crippen MR) is 272 cm³/mol. The number of hydrogen-bond donors (Lipinski definition) is 13. The second-order valence-electron chi connectivity index (χ2n) is 17.3. The van der Waals surface area contributed by atoms with E-state index in [-0.39, 0.29) is 74.8 Å². The summed E-state index contributed by atoms with van der Waals surface area (Å²) < 4.78 is 0. The van der Waals surface area contributed by atoms with Crippen LogP contribution in [0.5, 0.6) is 5.75 Å². The van der Waals surface area contributed by atoms with Gasteiger partial charge in [0.15, 0.2) is 5.96 Å². The number of rotatable bonds is 19. The number of phenols is 1. The van der Waals surface area contributed by atoms with Crippen molar-refractivity contribution in [1.82, 2.24) is 42.1 Å². The Bertz CT molecular complexity index is 2380. The van der Waals surface area contributed by atoms with Gasteiger partial charge in [-0.3, -0.25) is 57.7 Å². The molecule has 3 unspecified atom stereocenters. The second kappa shape index (κ2) is 29.8. The van der Waals surface area contributed by atoms with E-state index in [2.05, 4.69) is 42.2 Å². The molecule has 11 amide bonds. The molecule has 74 heavy (non-hydrogen) atoms. The van der Waals surface area contributed by atoms with Crippen molar-refractivity contribution >= 4 is 92.5 Å². The number of phenolic OH excluding ortho intramolecular Hbond substituents is 1. The normalized spacial score (nSPS) is 21.7. The van der Waals surface area contributed by atoms with Crippen LogP contribution in [0, 0.1) is 0 Å². The van der Waals surface area contributed by atoms with Gasteiger partial charge >= 0.3 is 0 Å². The summed E-state index contributed by atoms with van der Waals surface area (Å²) in [5.74, 6) is -9.75. The van der Waals surface area contributed by atoms with Crippen molar-refractivity contribution in [2.75, 3.05) is 31.1 Å². The average molecular weight is 1070 g/mol. The number of hydrogen-bond acceptors (Lipinski definition) is 15. The first-order chi connectivity index (χ1) is 35.2. The van der Waals surface area contributed by atoms with Crippen LogP contribution in [0.1, 0.15) is 62.5 Å². The van der Waals surface area contributed by atoms with E-state index in [0.29, 0.717) is 17.5 Å². The van der Waals surface area contributed by atoms with Gasteiger partial charge in [-0.15, -0.1) is 0 Å². The van der Waals surface area contributed by atoms with Crippen molar-refractivity contribution < 1.29 is 57.8 Å². The van der Waals surface area contributed by atoms with Crippen molar-refractivity contribution in [3.8, 4) is 5.75 Å². The molecule has 2 saturated heterocycles. The van der Waals surface area contributed by atoms with Crippen LogP contribution in [-0.2, 0) is 65.6 Å². The fourth-order valence-electron chi connectivity index (χ4n) is 7.78. The van der Waals surface area contributed by atoms with Crippen LogP contribution >= 0.6 is 21.6 Å². The zero-order chi connectivity index (χ0) is 54.3. The molecule has 2 aliphatic rings. The molecule has 0 bridgehead atoms. The monoisotopic (exact) mass is 1070 g/mol. The van der Waals surface area contributed by atoms with E-state index in [1.165, 1.54) is 17.0 Å². The fourth-order valence-corrected chi connectivity index (χ4v) is 9.93. The number of primary amides is 3. The minimum Gasteiger partial charge on any atom is -0.508 e. The SMILES string of the molecule is NC(=O)CC[C@@H]1NC(=O)[C@H](Cc2ccccc2)NC(=O)C(Cc2ccc(O)cc2)NC(=O)CCSSCC(C(=O)N2CCC[C@H]2C(=O)N[C@@H](CCCN=C(N)N)C(=O)NCC(N)=O)NC(=O)C(CC(N)=O)NC1=O. The van der Waals surface area contributed by atoms with E-state index in [1.54, 1.807) is 42.5 Å². The molecule has 0 saturated carbocycles. The van der Waals surface area contributed by atoms with E-state index < -0.39 is 133 Å².